The fourth-order valence-corrected chi connectivity index (χ4v) is 4.40. The molecule has 3 aromatic carbocycles. The van der Waals surface area contributed by atoms with Crippen molar-refractivity contribution in [2.75, 3.05) is 19.7 Å². The summed E-state index contributed by atoms with van der Waals surface area (Å²) in [4.78, 5) is 27.0. The average molecular weight is 484 g/mol. The lowest BCUT2D eigenvalue weighted by atomic mass is 9.98. The molecule has 1 aliphatic rings. The predicted molar refractivity (Wildman–Crippen MR) is 131 cm³/mol. The number of ether oxygens (including phenoxy) is 2. The zero-order valence-electron chi connectivity index (χ0n) is 19.6. The van der Waals surface area contributed by atoms with E-state index < -0.39 is 12.1 Å². The molecule has 8 nitrogen and oxygen atoms in total. The smallest absolute Gasteiger partial charge is 0.410 e. The number of carbonyl (C=O) groups excluding carboxylic acids is 2. The normalized spacial score (nSPS) is 12.0. The summed E-state index contributed by atoms with van der Waals surface area (Å²) in [5.41, 5.74) is 5.39. The van der Waals surface area contributed by atoms with Crippen LogP contribution in [0.1, 0.15) is 28.5 Å². The molecule has 0 N–H and O–H groups in total. The van der Waals surface area contributed by atoms with Crippen LogP contribution < -0.4 is 0 Å². The van der Waals surface area contributed by atoms with Gasteiger partial charge in [0.15, 0.2) is 0 Å². The van der Waals surface area contributed by atoms with Crippen LogP contribution in [0.25, 0.3) is 11.1 Å². The number of rotatable bonds is 9. The number of aromatic nitrogens is 2. The Balaban J connectivity index is 1.25. The number of amides is 1. The summed E-state index contributed by atoms with van der Waals surface area (Å²) in [6.45, 7) is 0.196. The van der Waals surface area contributed by atoms with E-state index in [1.807, 2.05) is 54.6 Å². The number of carbonyl (C=O) groups is 2. The maximum Gasteiger partial charge on any atom is 0.410 e. The Morgan fingerprint density at radius 1 is 0.861 bits per heavy atom. The Labute approximate surface area is 208 Å². The van der Waals surface area contributed by atoms with Crippen molar-refractivity contribution in [2.45, 2.75) is 18.9 Å². The zero-order valence-corrected chi connectivity index (χ0v) is 19.6. The fraction of sp³-hybridized carbons (Fsp3) is 0.214. The van der Waals surface area contributed by atoms with Gasteiger partial charge in [0.1, 0.15) is 19.8 Å². The first kappa shape index (κ1) is 23.3. The Bertz CT molecular complexity index is 1280. The molecule has 0 unspecified atom stereocenters. The van der Waals surface area contributed by atoms with Crippen LogP contribution in [0.15, 0.2) is 89.7 Å². The van der Waals surface area contributed by atoms with Crippen molar-refractivity contribution >= 4 is 12.1 Å². The summed E-state index contributed by atoms with van der Waals surface area (Å²) < 4.78 is 16.3. The molecule has 0 bridgehead atoms. The van der Waals surface area contributed by atoms with Gasteiger partial charge in [-0.05, 0) is 27.8 Å². The monoisotopic (exact) mass is 483 g/mol. The SMILES string of the molecule is O=C(CN(CCc1nnco1)C(=O)OCC1c2ccccc2-c2ccccc21)OCc1ccccc1. The topological polar surface area (TPSA) is 94.8 Å². The third-order valence-corrected chi connectivity index (χ3v) is 6.16. The first-order valence-electron chi connectivity index (χ1n) is 11.7. The van der Waals surface area contributed by atoms with Crippen LogP contribution in [0.5, 0.6) is 0 Å². The standard InChI is InChI=1S/C28H25N3O5/c32-27(34-17-20-8-2-1-3-9-20)16-31(15-14-26-30-29-19-36-26)28(33)35-18-25-23-12-6-4-10-21(23)22-11-5-7-13-24(22)25/h1-13,19,25H,14-18H2. The summed E-state index contributed by atoms with van der Waals surface area (Å²) >= 11 is 0. The van der Waals surface area contributed by atoms with Crippen LogP contribution in [0, 0.1) is 0 Å². The van der Waals surface area contributed by atoms with Gasteiger partial charge in [-0.3, -0.25) is 9.69 Å². The van der Waals surface area contributed by atoms with Crippen LogP contribution in [-0.2, 0) is 27.3 Å². The van der Waals surface area contributed by atoms with Gasteiger partial charge in [-0.25, -0.2) is 4.79 Å². The van der Waals surface area contributed by atoms with E-state index in [1.165, 1.54) is 11.3 Å². The Hall–Kier alpha value is -4.46. The van der Waals surface area contributed by atoms with Crippen molar-refractivity contribution in [3.63, 3.8) is 0 Å². The number of nitrogens with zero attached hydrogens (tertiary/aromatic N) is 3. The summed E-state index contributed by atoms with van der Waals surface area (Å²) in [6, 6.07) is 25.6. The van der Waals surface area contributed by atoms with Crippen molar-refractivity contribution in [3.8, 4) is 11.1 Å². The molecule has 0 aliphatic heterocycles. The fourth-order valence-electron chi connectivity index (χ4n) is 4.40. The predicted octanol–water partition coefficient (Wildman–Crippen LogP) is 4.61. The van der Waals surface area contributed by atoms with Gasteiger partial charge in [0.05, 0.1) is 0 Å². The van der Waals surface area contributed by atoms with Crippen molar-refractivity contribution < 1.29 is 23.5 Å². The first-order chi connectivity index (χ1) is 17.7. The molecule has 1 aromatic heterocycles. The van der Waals surface area contributed by atoms with Gasteiger partial charge in [-0.15, -0.1) is 10.2 Å². The average Bonchev–Trinajstić information content (AvgIpc) is 3.55. The second kappa shape index (κ2) is 10.9. The number of fused-ring (bicyclic) bond motifs is 3. The highest BCUT2D eigenvalue weighted by molar-refractivity contribution is 5.80. The third kappa shape index (κ3) is 5.27. The van der Waals surface area contributed by atoms with Gasteiger partial charge in [0, 0.05) is 18.9 Å². The minimum Gasteiger partial charge on any atom is -0.459 e. The molecular weight excluding hydrogens is 458 g/mol. The van der Waals surface area contributed by atoms with Crippen LogP contribution in [0.3, 0.4) is 0 Å². The maximum absolute atomic E-state index is 13.1. The molecule has 8 heteroatoms. The number of hydrogen-bond donors (Lipinski definition) is 0. The van der Waals surface area contributed by atoms with Gasteiger partial charge in [0.2, 0.25) is 12.3 Å². The molecule has 0 saturated heterocycles. The quantitative estimate of drug-likeness (QED) is 0.321. The molecule has 1 aliphatic carbocycles. The molecule has 1 heterocycles. The van der Waals surface area contributed by atoms with E-state index in [-0.39, 0.29) is 38.6 Å². The van der Waals surface area contributed by atoms with Crippen molar-refractivity contribution in [3.05, 3.63) is 108 Å². The molecule has 0 radical (unpaired) electrons. The van der Waals surface area contributed by atoms with E-state index in [0.717, 1.165) is 27.8 Å². The molecule has 0 fully saturated rings. The minimum atomic E-state index is -0.604. The highest BCUT2D eigenvalue weighted by Gasteiger charge is 2.30. The summed E-state index contributed by atoms with van der Waals surface area (Å²) in [7, 11) is 0. The molecule has 4 aromatic rings. The van der Waals surface area contributed by atoms with Crippen LogP contribution in [0.4, 0.5) is 4.79 Å². The minimum absolute atomic E-state index is 0.0795. The van der Waals surface area contributed by atoms with Crippen molar-refractivity contribution in [1.82, 2.24) is 15.1 Å². The number of benzene rings is 3. The summed E-state index contributed by atoms with van der Waals surface area (Å²) in [5, 5.41) is 7.51. The first-order valence-corrected chi connectivity index (χ1v) is 11.7. The molecule has 1 amide bonds. The second-order valence-electron chi connectivity index (χ2n) is 8.45. The molecule has 5 rings (SSSR count). The van der Waals surface area contributed by atoms with Gasteiger partial charge < -0.3 is 13.9 Å². The van der Waals surface area contributed by atoms with Crippen molar-refractivity contribution in [2.24, 2.45) is 0 Å². The Morgan fingerprint density at radius 3 is 2.19 bits per heavy atom. The number of hydrogen-bond acceptors (Lipinski definition) is 7. The summed E-state index contributed by atoms with van der Waals surface area (Å²) in [5.74, 6) is -0.244. The second-order valence-corrected chi connectivity index (χ2v) is 8.45. The van der Waals surface area contributed by atoms with Crippen LogP contribution in [0.2, 0.25) is 0 Å². The lowest BCUT2D eigenvalue weighted by Gasteiger charge is -2.22. The molecule has 36 heavy (non-hydrogen) atoms. The van der Waals surface area contributed by atoms with E-state index in [9.17, 15) is 9.59 Å². The molecule has 0 saturated carbocycles. The highest BCUT2D eigenvalue weighted by atomic mass is 16.6. The van der Waals surface area contributed by atoms with E-state index in [2.05, 4.69) is 34.5 Å². The summed E-state index contributed by atoms with van der Waals surface area (Å²) in [6.07, 6.45) is 0.908. The lowest BCUT2D eigenvalue weighted by molar-refractivity contribution is -0.146. The number of esters is 1. The lowest BCUT2D eigenvalue weighted by Crippen LogP contribution is -2.39. The molecule has 0 spiro atoms. The van der Waals surface area contributed by atoms with E-state index in [0.29, 0.717) is 5.89 Å². The zero-order chi connectivity index (χ0) is 24.7. The van der Waals surface area contributed by atoms with Crippen LogP contribution >= 0.6 is 0 Å². The molecule has 0 atom stereocenters. The Morgan fingerprint density at radius 2 is 1.53 bits per heavy atom. The molecular formula is C28H25N3O5. The third-order valence-electron chi connectivity index (χ3n) is 6.16. The van der Waals surface area contributed by atoms with Crippen LogP contribution in [-0.4, -0.2) is 46.9 Å². The van der Waals surface area contributed by atoms with E-state index in [4.69, 9.17) is 13.9 Å². The van der Waals surface area contributed by atoms with Gasteiger partial charge in [-0.1, -0.05) is 78.9 Å². The highest BCUT2D eigenvalue weighted by Crippen LogP contribution is 2.44. The Kier molecular flexibility index (Phi) is 7.02. The molecule has 182 valence electrons. The van der Waals surface area contributed by atoms with E-state index in [1.54, 1.807) is 0 Å². The van der Waals surface area contributed by atoms with Gasteiger partial charge >= 0.3 is 12.1 Å². The van der Waals surface area contributed by atoms with Gasteiger partial charge in [-0.2, -0.15) is 0 Å². The maximum atomic E-state index is 13.1. The largest absolute Gasteiger partial charge is 0.459 e. The van der Waals surface area contributed by atoms with Crippen molar-refractivity contribution in [1.29, 1.82) is 0 Å². The van der Waals surface area contributed by atoms with E-state index >= 15 is 0 Å². The van der Waals surface area contributed by atoms with Gasteiger partial charge in [0.25, 0.3) is 0 Å².